The maximum Gasteiger partial charge on any atom is 0.163 e. The lowest BCUT2D eigenvalue weighted by molar-refractivity contribution is 1.28. The molecule has 0 heterocycles. The number of nitrogens with one attached hydrogen (secondary N) is 1. The van der Waals surface area contributed by atoms with E-state index in [1.165, 1.54) is 0 Å². The van der Waals surface area contributed by atoms with Crippen LogP contribution in [-0.2, 0) is 0 Å². The fraction of sp³-hybridized carbons (Fsp3) is 0.154. The van der Waals surface area contributed by atoms with Crippen LogP contribution in [0.15, 0.2) is 26.3 Å². The number of hydrogen-bond acceptors (Lipinski definition) is 4. The Kier molecular flexibility index (Phi) is 5.12. The second-order valence-electron chi connectivity index (χ2n) is 3.70. The van der Waals surface area contributed by atoms with Crippen LogP contribution in [0.25, 0.3) is 0 Å². The quantitative estimate of drug-likeness (QED) is 0.785. The van der Waals surface area contributed by atoms with Crippen molar-refractivity contribution >= 4 is 37.5 Å². The molecule has 0 saturated heterocycles. The van der Waals surface area contributed by atoms with Gasteiger partial charge in [0.15, 0.2) is 5.57 Å². The second-order valence-corrected chi connectivity index (χ2v) is 5.35. The molecule has 0 amide bonds. The molecule has 94 valence electrons. The van der Waals surface area contributed by atoms with Crippen molar-refractivity contribution in [2.24, 2.45) is 0 Å². The first-order chi connectivity index (χ1) is 8.96. The van der Waals surface area contributed by atoms with Gasteiger partial charge >= 0.3 is 0 Å². The van der Waals surface area contributed by atoms with Gasteiger partial charge in [-0.3, -0.25) is 0 Å². The van der Waals surface area contributed by atoms with Gasteiger partial charge in [-0.1, -0.05) is 0 Å². The molecule has 1 rings (SSSR count). The van der Waals surface area contributed by atoms with Crippen molar-refractivity contribution in [3.05, 3.63) is 37.4 Å². The molecule has 4 nitrogen and oxygen atoms in total. The zero-order valence-electron chi connectivity index (χ0n) is 10.2. The van der Waals surface area contributed by atoms with Crippen LogP contribution in [0.3, 0.4) is 0 Å². The normalized spacial score (nSPS) is 8.89. The Morgan fingerprint density at radius 3 is 2.16 bits per heavy atom. The first-order valence-electron chi connectivity index (χ1n) is 5.13. The molecule has 0 radical (unpaired) electrons. The van der Waals surface area contributed by atoms with Crippen molar-refractivity contribution in [3.8, 4) is 18.2 Å². The predicted molar refractivity (Wildman–Crippen MR) is 78.8 cm³/mol. The molecule has 1 aromatic rings. The summed E-state index contributed by atoms with van der Waals surface area (Å²) in [6.07, 6.45) is 0. The Labute approximate surface area is 128 Å². The topological polar surface area (TPSA) is 83.4 Å². The third-order valence-electron chi connectivity index (χ3n) is 2.56. The van der Waals surface area contributed by atoms with Crippen molar-refractivity contribution in [1.29, 1.82) is 15.8 Å². The molecular formula is C13H8Br2N4. The average Bonchev–Trinajstić information content (AvgIpc) is 2.40. The Bertz CT molecular complexity index is 669. The highest BCUT2D eigenvalue weighted by Crippen LogP contribution is 2.36. The molecule has 0 bridgehead atoms. The highest BCUT2D eigenvalue weighted by molar-refractivity contribution is 9.11. The van der Waals surface area contributed by atoms with Crippen molar-refractivity contribution in [3.63, 3.8) is 0 Å². The lowest BCUT2D eigenvalue weighted by Crippen LogP contribution is -2.03. The van der Waals surface area contributed by atoms with Crippen molar-refractivity contribution in [1.82, 2.24) is 0 Å². The van der Waals surface area contributed by atoms with E-state index in [1.54, 1.807) is 12.1 Å². The molecule has 0 atom stereocenters. The van der Waals surface area contributed by atoms with Crippen LogP contribution in [0.2, 0.25) is 0 Å². The van der Waals surface area contributed by atoms with Crippen LogP contribution in [0.4, 0.5) is 5.69 Å². The summed E-state index contributed by atoms with van der Waals surface area (Å²) in [5, 5.41) is 29.4. The molecule has 0 aliphatic rings. The molecule has 0 aliphatic heterocycles. The number of benzene rings is 1. The highest BCUT2D eigenvalue weighted by Gasteiger charge is 2.14. The van der Waals surface area contributed by atoms with Gasteiger partial charge in [-0.2, -0.15) is 15.8 Å². The second kappa shape index (κ2) is 6.38. The lowest BCUT2D eigenvalue weighted by atomic mass is 10.1. The summed E-state index contributed by atoms with van der Waals surface area (Å²) in [6.45, 7) is 3.90. The minimum Gasteiger partial charge on any atom is -0.343 e. The summed E-state index contributed by atoms with van der Waals surface area (Å²) in [4.78, 5) is 0. The van der Waals surface area contributed by atoms with Crippen LogP contribution in [-0.4, -0.2) is 0 Å². The van der Waals surface area contributed by atoms with Gasteiger partial charge in [-0.25, -0.2) is 0 Å². The molecular weight excluding hydrogens is 372 g/mol. The molecule has 0 unspecified atom stereocenters. The molecule has 0 aliphatic carbocycles. The van der Waals surface area contributed by atoms with Crippen LogP contribution in [0, 0.1) is 47.8 Å². The van der Waals surface area contributed by atoms with E-state index in [0.717, 1.165) is 20.1 Å². The number of rotatable bonds is 2. The standard InChI is InChI=1S/C13H8Br2N4/c1-7-3-10(14)13(12(15)8(7)2)19-11(6-18)9(4-16)5-17/h3,19H,1-2H3. The molecule has 1 N–H and O–H groups in total. The first-order valence-corrected chi connectivity index (χ1v) is 6.71. The number of hydrogen-bond donors (Lipinski definition) is 1. The van der Waals surface area contributed by atoms with Crippen LogP contribution < -0.4 is 5.32 Å². The highest BCUT2D eigenvalue weighted by atomic mass is 79.9. The monoisotopic (exact) mass is 378 g/mol. The van der Waals surface area contributed by atoms with Crippen molar-refractivity contribution < 1.29 is 0 Å². The maximum absolute atomic E-state index is 9.02. The third-order valence-corrected chi connectivity index (χ3v) is 4.17. The summed E-state index contributed by atoms with van der Waals surface area (Å²) in [5.74, 6) is 0. The van der Waals surface area contributed by atoms with Crippen LogP contribution >= 0.6 is 31.9 Å². The van der Waals surface area contributed by atoms with Gasteiger partial charge in [0, 0.05) is 8.95 Å². The van der Waals surface area contributed by atoms with Crippen molar-refractivity contribution in [2.75, 3.05) is 5.32 Å². The molecule has 6 heteroatoms. The summed E-state index contributed by atoms with van der Waals surface area (Å²) >= 11 is 6.83. The van der Waals surface area contributed by atoms with Gasteiger partial charge in [0.1, 0.15) is 23.9 Å². The molecule has 0 aromatic heterocycles. The fourth-order valence-corrected chi connectivity index (χ4v) is 2.89. The van der Waals surface area contributed by atoms with Gasteiger partial charge in [0.25, 0.3) is 0 Å². The van der Waals surface area contributed by atoms with E-state index in [-0.39, 0.29) is 11.3 Å². The number of aryl methyl sites for hydroxylation is 1. The number of allylic oxidation sites excluding steroid dienone is 2. The van der Waals surface area contributed by atoms with Gasteiger partial charge in [0.2, 0.25) is 0 Å². The number of nitrogens with zero attached hydrogens (tertiary/aromatic N) is 3. The van der Waals surface area contributed by atoms with Crippen molar-refractivity contribution in [2.45, 2.75) is 13.8 Å². The zero-order chi connectivity index (χ0) is 14.6. The van der Waals surface area contributed by atoms with E-state index in [0.29, 0.717) is 5.69 Å². The largest absolute Gasteiger partial charge is 0.343 e. The fourth-order valence-electron chi connectivity index (χ4n) is 1.36. The number of nitriles is 3. The molecule has 0 fully saturated rings. The van der Waals surface area contributed by atoms with E-state index >= 15 is 0 Å². The molecule has 0 spiro atoms. The zero-order valence-corrected chi connectivity index (χ0v) is 13.3. The Balaban J connectivity index is 3.41. The van der Waals surface area contributed by atoms with Gasteiger partial charge in [-0.15, -0.1) is 0 Å². The first kappa shape index (κ1) is 15.2. The van der Waals surface area contributed by atoms with Gasteiger partial charge in [-0.05, 0) is 62.9 Å². The number of halogens is 2. The van der Waals surface area contributed by atoms with Crippen LogP contribution in [0.5, 0.6) is 0 Å². The lowest BCUT2D eigenvalue weighted by Gasteiger charge is -2.14. The molecule has 19 heavy (non-hydrogen) atoms. The summed E-state index contributed by atoms with van der Waals surface area (Å²) in [6, 6.07) is 7.10. The third kappa shape index (κ3) is 3.15. The van der Waals surface area contributed by atoms with E-state index in [9.17, 15) is 0 Å². The molecule has 1 aromatic carbocycles. The number of anilines is 1. The maximum atomic E-state index is 9.02. The van der Waals surface area contributed by atoms with E-state index in [2.05, 4.69) is 37.2 Å². The summed E-state index contributed by atoms with van der Waals surface area (Å²) in [5.41, 5.74) is 2.38. The minimum atomic E-state index is -0.250. The summed E-state index contributed by atoms with van der Waals surface area (Å²) in [7, 11) is 0. The molecule has 0 saturated carbocycles. The Morgan fingerprint density at radius 2 is 1.68 bits per heavy atom. The van der Waals surface area contributed by atoms with E-state index < -0.39 is 0 Å². The smallest absolute Gasteiger partial charge is 0.163 e. The predicted octanol–water partition coefficient (Wildman–Crippen LogP) is 4.07. The van der Waals surface area contributed by atoms with Gasteiger partial charge in [0.05, 0.1) is 5.69 Å². The summed E-state index contributed by atoms with van der Waals surface area (Å²) < 4.78 is 1.52. The van der Waals surface area contributed by atoms with E-state index in [4.69, 9.17) is 15.8 Å². The average molecular weight is 380 g/mol. The van der Waals surface area contributed by atoms with Gasteiger partial charge < -0.3 is 5.32 Å². The Hall–Kier alpha value is -1.81. The van der Waals surface area contributed by atoms with Crippen LogP contribution in [0.1, 0.15) is 11.1 Å². The van der Waals surface area contributed by atoms with E-state index in [1.807, 2.05) is 26.0 Å². The Morgan fingerprint density at radius 1 is 1.11 bits per heavy atom. The minimum absolute atomic E-state index is 0.0744. The SMILES string of the molecule is Cc1cc(Br)c(NC(C#N)=C(C#N)C#N)c(Br)c1C.